The third-order valence-electron chi connectivity index (χ3n) is 2.75. The van der Waals surface area contributed by atoms with E-state index < -0.39 is 23.4 Å². The van der Waals surface area contributed by atoms with Crippen molar-refractivity contribution in [3.63, 3.8) is 0 Å². The molecule has 3 nitrogen and oxygen atoms in total. The lowest BCUT2D eigenvalue weighted by Gasteiger charge is -2.07. The van der Waals surface area contributed by atoms with Crippen LogP contribution >= 0.6 is 0 Å². The molecule has 0 bridgehead atoms. The maximum absolute atomic E-state index is 13.5. The number of hydrazone groups is 1. The Kier molecular flexibility index (Phi) is 4.39. The Balaban J connectivity index is 2.14. The SMILES string of the molecule is C/C(=N/Nc1ccc(C(F)(F)F)cn1)c1ccc(F)cc1F. The van der Waals surface area contributed by atoms with Crippen LogP contribution in [-0.2, 0) is 6.18 Å². The summed E-state index contributed by atoms with van der Waals surface area (Å²) in [7, 11) is 0. The number of nitrogens with one attached hydrogen (secondary N) is 1. The third-order valence-corrected chi connectivity index (χ3v) is 2.75. The minimum Gasteiger partial charge on any atom is -0.261 e. The zero-order valence-electron chi connectivity index (χ0n) is 11.2. The fourth-order valence-electron chi connectivity index (χ4n) is 1.61. The predicted octanol–water partition coefficient (Wildman–Crippen LogP) is 4.21. The van der Waals surface area contributed by atoms with Crippen LogP contribution in [-0.4, -0.2) is 10.7 Å². The number of benzene rings is 1. The molecule has 22 heavy (non-hydrogen) atoms. The molecule has 8 heteroatoms. The van der Waals surface area contributed by atoms with Gasteiger partial charge in [0.15, 0.2) is 0 Å². The van der Waals surface area contributed by atoms with E-state index in [9.17, 15) is 22.0 Å². The number of aromatic nitrogens is 1. The maximum atomic E-state index is 13.5. The molecule has 0 amide bonds. The van der Waals surface area contributed by atoms with Gasteiger partial charge in [0.25, 0.3) is 0 Å². The van der Waals surface area contributed by atoms with Crippen LogP contribution in [0.1, 0.15) is 18.1 Å². The van der Waals surface area contributed by atoms with Gasteiger partial charge in [-0.25, -0.2) is 13.8 Å². The standard InChI is InChI=1S/C14H10F5N3/c1-8(11-4-3-10(15)6-12(11)16)21-22-13-5-2-9(7-20-13)14(17,18)19/h2-7H,1H3,(H,20,22)/b21-8-. The Morgan fingerprint density at radius 3 is 2.41 bits per heavy atom. The average molecular weight is 315 g/mol. The minimum absolute atomic E-state index is 0.0647. The summed E-state index contributed by atoms with van der Waals surface area (Å²) in [6.07, 6.45) is -3.81. The molecule has 0 fully saturated rings. The van der Waals surface area contributed by atoms with Crippen molar-refractivity contribution in [2.75, 3.05) is 5.43 Å². The summed E-state index contributed by atoms with van der Waals surface area (Å²) in [5.74, 6) is -1.44. The van der Waals surface area contributed by atoms with Gasteiger partial charge in [0.1, 0.15) is 17.5 Å². The number of nitrogens with zero attached hydrogens (tertiary/aromatic N) is 2. The second-order valence-electron chi connectivity index (χ2n) is 4.36. The Labute approximate surface area is 122 Å². The molecule has 1 aromatic heterocycles. The number of hydrogen-bond acceptors (Lipinski definition) is 3. The first-order valence-electron chi connectivity index (χ1n) is 6.06. The Morgan fingerprint density at radius 2 is 1.86 bits per heavy atom. The Hall–Kier alpha value is -2.51. The van der Waals surface area contributed by atoms with Gasteiger partial charge in [-0.05, 0) is 31.2 Å². The van der Waals surface area contributed by atoms with Gasteiger partial charge in [-0.2, -0.15) is 18.3 Å². The van der Waals surface area contributed by atoms with Gasteiger partial charge in [-0.1, -0.05) is 0 Å². The first-order chi connectivity index (χ1) is 10.3. The molecule has 1 N–H and O–H groups in total. The number of pyridine rings is 1. The normalized spacial score (nSPS) is 12.4. The molecule has 0 aliphatic heterocycles. The number of rotatable bonds is 3. The van der Waals surface area contributed by atoms with Crippen LogP contribution in [0.3, 0.4) is 0 Å². The summed E-state index contributed by atoms with van der Waals surface area (Å²) >= 11 is 0. The van der Waals surface area contributed by atoms with Crippen LogP contribution in [0, 0.1) is 11.6 Å². The van der Waals surface area contributed by atoms with Gasteiger partial charge in [-0.3, -0.25) is 5.43 Å². The van der Waals surface area contributed by atoms with Crippen LogP contribution in [0.2, 0.25) is 0 Å². The van der Waals surface area contributed by atoms with Crippen molar-refractivity contribution in [2.24, 2.45) is 5.10 Å². The van der Waals surface area contributed by atoms with Gasteiger partial charge < -0.3 is 0 Å². The van der Waals surface area contributed by atoms with Crippen LogP contribution in [0.25, 0.3) is 0 Å². The van der Waals surface area contributed by atoms with E-state index in [2.05, 4.69) is 15.5 Å². The van der Waals surface area contributed by atoms with Crippen LogP contribution in [0.15, 0.2) is 41.6 Å². The molecule has 0 atom stereocenters. The van der Waals surface area contributed by atoms with Crippen molar-refractivity contribution in [2.45, 2.75) is 13.1 Å². The van der Waals surface area contributed by atoms with E-state index >= 15 is 0 Å². The largest absolute Gasteiger partial charge is 0.417 e. The third kappa shape index (κ3) is 3.78. The second kappa shape index (κ2) is 6.08. The van der Waals surface area contributed by atoms with Crippen molar-refractivity contribution >= 4 is 11.5 Å². The summed E-state index contributed by atoms with van der Waals surface area (Å²) < 4.78 is 63.4. The van der Waals surface area contributed by atoms with E-state index in [1.807, 2.05) is 0 Å². The lowest BCUT2D eigenvalue weighted by molar-refractivity contribution is -0.137. The molecule has 0 aliphatic rings. The lowest BCUT2D eigenvalue weighted by atomic mass is 10.1. The summed E-state index contributed by atoms with van der Waals surface area (Å²) in [5.41, 5.74) is 1.79. The van der Waals surface area contributed by atoms with Crippen molar-refractivity contribution in [3.05, 3.63) is 59.3 Å². The summed E-state index contributed by atoms with van der Waals surface area (Å²) in [4.78, 5) is 3.56. The lowest BCUT2D eigenvalue weighted by Crippen LogP contribution is -2.07. The van der Waals surface area contributed by atoms with Gasteiger partial charge in [0.2, 0.25) is 0 Å². The topological polar surface area (TPSA) is 37.3 Å². The van der Waals surface area contributed by atoms with Crippen LogP contribution < -0.4 is 5.43 Å². The summed E-state index contributed by atoms with van der Waals surface area (Å²) in [6.45, 7) is 1.47. The fraction of sp³-hybridized carbons (Fsp3) is 0.143. The van der Waals surface area contributed by atoms with Crippen molar-refractivity contribution in [1.29, 1.82) is 0 Å². The molecular formula is C14H10F5N3. The quantitative estimate of drug-likeness (QED) is 0.523. The van der Waals surface area contributed by atoms with E-state index in [4.69, 9.17) is 0 Å². The summed E-state index contributed by atoms with van der Waals surface area (Å²) in [6, 6.07) is 4.95. The number of hydrogen-bond donors (Lipinski definition) is 1. The molecule has 0 spiro atoms. The first kappa shape index (κ1) is 15.9. The Bertz CT molecular complexity index is 693. The zero-order valence-corrected chi connectivity index (χ0v) is 11.2. The van der Waals surface area contributed by atoms with Crippen molar-refractivity contribution in [1.82, 2.24) is 4.98 Å². The van der Waals surface area contributed by atoms with Crippen molar-refractivity contribution < 1.29 is 22.0 Å². The zero-order chi connectivity index (χ0) is 16.3. The van der Waals surface area contributed by atoms with E-state index in [0.717, 1.165) is 18.2 Å². The number of anilines is 1. The smallest absolute Gasteiger partial charge is 0.261 e. The van der Waals surface area contributed by atoms with Crippen LogP contribution in [0.4, 0.5) is 27.8 Å². The highest BCUT2D eigenvalue weighted by Crippen LogP contribution is 2.28. The maximum Gasteiger partial charge on any atom is 0.417 e. The molecule has 0 saturated heterocycles. The predicted molar refractivity (Wildman–Crippen MR) is 71.4 cm³/mol. The van der Waals surface area contributed by atoms with E-state index in [1.54, 1.807) is 0 Å². The molecule has 2 rings (SSSR count). The highest BCUT2D eigenvalue weighted by Gasteiger charge is 2.30. The van der Waals surface area contributed by atoms with Gasteiger partial charge in [0.05, 0.1) is 11.3 Å². The highest BCUT2D eigenvalue weighted by molar-refractivity contribution is 5.99. The minimum atomic E-state index is -4.47. The molecule has 116 valence electrons. The monoisotopic (exact) mass is 315 g/mol. The molecule has 0 aliphatic carbocycles. The van der Waals surface area contributed by atoms with E-state index in [1.165, 1.54) is 13.0 Å². The first-order valence-corrected chi connectivity index (χ1v) is 6.06. The molecular weight excluding hydrogens is 305 g/mol. The van der Waals surface area contributed by atoms with Crippen LogP contribution in [0.5, 0.6) is 0 Å². The average Bonchev–Trinajstić information content (AvgIpc) is 2.44. The van der Waals surface area contributed by atoms with E-state index in [0.29, 0.717) is 12.3 Å². The molecule has 0 saturated carbocycles. The second-order valence-corrected chi connectivity index (χ2v) is 4.36. The molecule has 0 radical (unpaired) electrons. The highest BCUT2D eigenvalue weighted by atomic mass is 19.4. The Morgan fingerprint density at radius 1 is 1.14 bits per heavy atom. The summed E-state index contributed by atoms with van der Waals surface area (Å²) in [5, 5.41) is 3.81. The molecule has 0 unspecified atom stereocenters. The molecule has 2 aromatic rings. The fourth-order valence-corrected chi connectivity index (χ4v) is 1.61. The van der Waals surface area contributed by atoms with Gasteiger partial charge in [-0.15, -0.1) is 0 Å². The molecule has 1 aromatic carbocycles. The number of alkyl halides is 3. The van der Waals surface area contributed by atoms with Crippen molar-refractivity contribution in [3.8, 4) is 0 Å². The molecule has 1 heterocycles. The van der Waals surface area contributed by atoms with Gasteiger partial charge >= 0.3 is 6.18 Å². The van der Waals surface area contributed by atoms with Gasteiger partial charge in [0, 0.05) is 17.8 Å². The van der Waals surface area contributed by atoms with E-state index in [-0.39, 0.29) is 17.1 Å². The number of halogens is 5.